The van der Waals surface area contributed by atoms with E-state index in [1.807, 2.05) is 0 Å². The van der Waals surface area contributed by atoms with Gasteiger partial charge in [0.15, 0.2) is 0 Å². The maximum Gasteiger partial charge on any atom is 0.105 e. The smallest absolute Gasteiger partial charge is 0.105 e. The van der Waals surface area contributed by atoms with Gasteiger partial charge in [0, 0.05) is 18.3 Å². The van der Waals surface area contributed by atoms with Crippen molar-refractivity contribution in [1.29, 1.82) is 0 Å². The summed E-state index contributed by atoms with van der Waals surface area (Å²) in [5, 5.41) is 0. The second-order valence-electron chi connectivity index (χ2n) is 6.77. The molecule has 2 bridgehead atoms. The number of hydrogen-bond acceptors (Lipinski definition) is 0. The van der Waals surface area contributed by atoms with Gasteiger partial charge < -0.3 is 4.48 Å². The summed E-state index contributed by atoms with van der Waals surface area (Å²) < 4.78 is 1.23. The van der Waals surface area contributed by atoms with Gasteiger partial charge in [-0.3, -0.25) is 0 Å². The molecule has 4 atom stereocenters. The first-order chi connectivity index (χ1) is 6.56. The van der Waals surface area contributed by atoms with E-state index in [-0.39, 0.29) is 0 Å². The molecule has 0 aromatic rings. The summed E-state index contributed by atoms with van der Waals surface area (Å²) in [4.78, 5) is 0. The zero-order valence-corrected chi connectivity index (χ0v) is 9.92. The lowest BCUT2D eigenvalue weighted by molar-refractivity contribution is -0.931. The van der Waals surface area contributed by atoms with Crippen molar-refractivity contribution in [1.82, 2.24) is 0 Å². The minimum Gasteiger partial charge on any atom is -0.326 e. The van der Waals surface area contributed by atoms with Crippen LogP contribution in [0.4, 0.5) is 0 Å². The third kappa shape index (κ3) is 0.856. The van der Waals surface area contributed by atoms with Crippen molar-refractivity contribution < 1.29 is 4.48 Å². The molecule has 1 heteroatoms. The average Bonchev–Trinajstić information content (AvgIpc) is 2.74. The van der Waals surface area contributed by atoms with E-state index < -0.39 is 0 Å². The normalized spacial score (nSPS) is 51.2. The summed E-state index contributed by atoms with van der Waals surface area (Å²) in [6.45, 7) is 0. The Kier molecular flexibility index (Phi) is 1.68. The van der Waals surface area contributed by atoms with Gasteiger partial charge in [-0.05, 0) is 38.0 Å². The lowest BCUT2D eigenvalue weighted by Crippen LogP contribution is -2.61. The molecule has 14 heavy (non-hydrogen) atoms. The second-order valence-corrected chi connectivity index (χ2v) is 6.77. The van der Waals surface area contributed by atoms with Gasteiger partial charge in [-0.25, -0.2) is 0 Å². The largest absolute Gasteiger partial charge is 0.326 e. The maximum atomic E-state index is 2.44. The summed E-state index contributed by atoms with van der Waals surface area (Å²) in [6, 6.07) is 0. The molecule has 1 nitrogen and oxygen atoms in total. The maximum absolute atomic E-state index is 2.44. The summed E-state index contributed by atoms with van der Waals surface area (Å²) in [5.41, 5.74) is 0.697. The molecule has 3 aliphatic rings. The topological polar surface area (TPSA) is 0 Å². The molecule has 3 rings (SSSR count). The third-order valence-corrected chi connectivity index (χ3v) is 5.73. The van der Waals surface area contributed by atoms with Gasteiger partial charge in [-0.15, -0.1) is 0 Å². The molecule has 80 valence electrons. The quantitative estimate of drug-likeness (QED) is 0.563. The Bertz CT molecular complexity index is 252. The van der Waals surface area contributed by atoms with Crippen LogP contribution in [-0.4, -0.2) is 31.2 Å². The van der Waals surface area contributed by atoms with Crippen LogP contribution in [0.1, 0.15) is 38.5 Å². The van der Waals surface area contributed by atoms with Crippen molar-refractivity contribution in [3.8, 4) is 0 Å². The molecule has 0 aliphatic heterocycles. The first-order valence-corrected chi connectivity index (χ1v) is 6.37. The molecular weight excluding hydrogens is 170 g/mol. The zero-order valence-electron chi connectivity index (χ0n) is 9.92. The van der Waals surface area contributed by atoms with E-state index in [2.05, 4.69) is 21.1 Å². The summed E-state index contributed by atoms with van der Waals surface area (Å²) in [7, 11) is 7.33. The van der Waals surface area contributed by atoms with Crippen LogP contribution in [0.2, 0.25) is 0 Å². The summed E-state index contributed by atoms with van der Waals surface area (Å²) in [5.74, 6) is 3.26. The fourth-order valence-corrected chi connectivity index (χ4v) is 5.41. The monoisotopic (exact) mass is 194 g/mol. The summed E-state index contributed by atoms with van der Waals surface area (Å²) in [6.07, 6.45) is 9.22. The highest BCUT2D eigenvalue weighted by molar-refractivity contribution is 5.10. The van der Waals surface area contributed by atoms with E-state index in [4.69, 9.17) is 0 Å². The fraction of sp³-hybridized carbons (Fsp3) is 1.00. The van der Waals surface area contributed by atoms with E-state index >= 15 is 0 Å². The van der Waals surface area contributed by atoms with E-state index in [1.54, 1.807) is 12.8 Å². The molecule has 0 spiro atoms. The zero-order chi connectivity index (χ0) is 9.97. The first kappa shape index (κ1) is 9.21. The van der Waals surface area contributed by atoms with Crippen molar-refractivity contribution in [3.63, 3.8) is 0 Å². The van der Waals surface area contributed by atoms with Gasteiger partial charge in [0.25, 0.3) is 0 Å². The highest BCUT2D eigenvalue weighted by Crippen LogP contribution is 2.64. The van der Waals surface area contributed by atoms with Gasteiger partial charge in [0.1, 0.15) is 5.54 Å². The van der Waals surface area contributed by atoms with E-state index in [0.717, 1.165) is 17.8 Å². The van der Waals surface area contributed by atoms with Crippen LogP contribution in [0, 0.1) is 17.8 Å². The lowest BCUT2D eigenvalue weighted by atomic mass is 9.73. The third-order valence-electron chi connectivity index (χ3n) is 5.73. The van der Waals surface area contributed by atoms with Gasteiger partial charge >= 0.3 is 0 Å². The van der Waals surface area contributed by atoms with Crippen LogP contribution in [-0.2, 0) is 0 Å². The van der Waals surface area contributed by atoms with Crippen molar-refractivity contribution in [2.75, 3.05) is 21.1 Å². The molecule has 0 N–H and O–H groups in total. The van der Waals surface area contributed by atoms with Crippen LogP contribution >= 0.6 is 0 Å². The highest BCUT2D eigenvalue weighted by Gasteiger charge is 2.66. The Morgan fingerprint density at radius 3 is 2.50 bits per heavy atom. The van der Waals surface area contributed by atoms with Crippen LogP contribution in [0.15, 0.2) is 0 Å². The molecule has 3 saturated carbocycles. The molecular formula is C13H24N+. The highest BCUT2D eigenvalue weighted by atomic mass is 15.4. The van der Waals surface area contributed by atoms with Crippen molar-refractivity contribution in [2.45, 2.75) is 44.1 Å². The molecule has 3 aliphatic carbocycles. The van der Waals surface area contributed by atoms with Gasteiger partial charge in [-0.2, -0.15) is 0 Å². The molecule has 0 amide bonds. The first-order valence-electron chi connectivity index (χ1n) is 6.37. The molecule has 3 fully saturated rings. The van der Waals surface area contributed by atoms with E-state index in [0.29, 0.717) is 5.54 Å². The van der Waals surface area contributed by atoms with E-state index in [1.165, 1.54) is 30.2 Å². The molecule has 0 saturated heterocycles. The molecule has 0 aromatic carbocycles. The molecule has 0 heterocycles. The predicted octanol–water partition coefficient (Wildman–Crippen LogP) is 2.66. The van der Waals surface area contributed by atoms with Gasteiger partial charge in [0.2, 0.25) is 0 Å². The van der Waals surface area contributed by atoms with Crippen LogP contribution < -0.4 is 0 Å². The number of rotatable bonds is 1. The van der Waals surface area contributed by atoms with Crippen LogP contribution in [0.3, 0.4) is 0 Å². The number of hydrogen-bond donors (Lipinski definition) is 0. The Balaban J connectivity index is 2.04. The standard InChI is InChI=1S/C13H24N/c1-14(2,3)13-8-4-5-12(13)10-6-7-11(13)9-10/h10-12H,4-9H2,1-3H3/q+1/t10-,11+,12+,13+/m0/s1. The van der Waals surface area contributed by atoms with Gasteiger partial charge in [-0.1, -0.05) is 0 Å². The number of nitrogens with zero attached hydrogens (tertiary/aromatic N) is 1. The lowest BCUT2D eigenvalue weighted by Gasteiger charge is -2.50. The van der Waals surface area contributed by atoms with Crippen LogP contribution in [0.5, 0.6) is 0 Å². The van der Waals surface area contributed by atoms with Crippen molar-refractivity contribution in [2.24, 2.45) is 17.8 Å². The van der Waals surface area contributed by atoms with Crippen LogP contribution in [0.25, 0.3) is 0 Å². The fourth-order valence-electron chi connectivity index (χ4n) is 5.41. The Hall–Kier alpha value is -0.0400. The predicted molar refractivity (Wildman–Crippen MR) is 58.9 cm³/mol. The van der Waals surface area contributed by atoms with Crippen molar-refractivity contribution in [3.05, 3.63) is 0 Å². The number of fused-ring (bicyclic) bond motifs is 5. The number of quaternary nitrogens is 1. The molecule has 0 radical (unpaired) electrons. The van der Waals surface area contributed by atoms with Crippen molar-refractivity contribution >= 4 is 0 Å². The van der Waals surface area contributed by atoms with E-state index in [9.17, 15) is 0 Å². The average molecular weight is 194 g/mol. The minimum atomic E-state index is 0.697. The second kappa shape index (κ2) is 2.55. The molecule has 0 aromatic heterocycles. The summed E-state index contributed by atoms with van der Waals surface area (Å²) >= 11 is 0. The SMILES string of the molecule is C[N+](C)(C)[C@@]12CCC[C@@H]1[C@H]1CC[C@@H]2C1. The minimum absolute atomic E-state index is 0.697. The Morgan fingerprint density at radius 1 is 1.07 bits per heavy atom. The van der Waals surface area contributed by atoms with Gasteiger partial charge in [0.05, 0.1) is 21.1 Å². The molecule has 0 unspecified atom stereocenters. The Morgan fingerprint density at radius 2 is 1.86 bits per heavy atom. The Labute approximate surface area is 88.1 Å².